The molecule has 0 saturated heterocycles. The molecule has 0 radical (unpaired) electrons. The quantitative estimate of drug-likeness (QED) is 0.397. The van der Waals surface area contributed by atoms with Crippen molar-refractivity contribution in [3.05, 3.63) is 59.8 Å². The van der Waals surface area contributed by atoms with Crippen molar-refractivity contribution in [1.29, 1.82) is 0 Å². The number of unbranched alkanes of at least 4 members (excludes halogenated alkanes) is 2. The van der Waals surface area contributed by atoms with Crippen molar-refractivity contribution in [2.75, 3.05) is 5.43 Å². The van der Waals surface area contributed by atoms with Crippen LogP contribution in [0.2, 0.25) is 0 Å². The van der Waals surface area contributed by atoms with E-state index in [1.807, 2.05) is 18.2 Å². The first-order valence-electron chi connectivity index (χ1n) is 8.52. The van der Waals surface area contributed by atoms with E-state index in [9.17, 15) is 8.42 Å². The first kappa shape index (κ1) is 19.8. The van der Waals surface area contributed by atoms with Gasteiger partial charge in [0, 0.05) is 6.20 Å². The number of primary sulfonamides is 1. The molecule has 1 aromatic carbocycles. The molecule has 0 spiro atoms. The van der Waals surface area contributed by atoms with Gasteiger partial charge < -0.3 is 0 Å². The Morgan fingerprint density at radius 3 is 2.58 bits per heavy atom. The fourth-order valence-corrected chi connectivity index (χ4v) is 2.77. The van der Waals surface area contributed by atoms with Gasteiger partial charge in [-0.25, -0.2) is 18.5 Å². The fraction of sp³-hybridized carbons (Fsp3) is 0.263. The Hall–Kier alpha value is -2.51. The molecule has 6 nitrogen and oxygen atoms in total. The maximum Gasteiger partial charge on any atom is 0.239 e. The number of hydrogen-bond donors (Lipinski definition) is 2. The third kappa shape index (κ3) is 6.78. The second kappa shape index (κ2) is 9.84. The minimum Gasteiger partial charge on any atom is -0.261 e. The number of nitrogens with one attached hydrogen (secondary N) is 1. The van der Waals surface area contributed by atoms with Gasteiger partial charge in [0.05, 0.1) is 6.21 Å². The molecule has 7 heteroatoms. The second-order valence-corrected chi connectivity index (χ2v) is 7.44. The lowest BCUT2D eigenvalue weighted by Gasteiger charge is -2.04. The summed E-state index contributed by atoms with van der Waals surface area (Å²) in [4.78, 5) is 3.97. The zero-order chi connectivity index (χ0) is 18.8. The number of pyridine rings is 1. The molecule has 0 aliphatic carbocycles. The molecule has 3 N–H and O–H groups in total. The van der Waals surface area contributed by atoms with E-state index in [2.05, 4.69) is 40.6 Å². The topological polar surface area (TPSA) is 97.4 Å². The van der Waals surface area contributed by atoms with Crippen LogP contribution in [0.1, 0.15) is 38.2 Å². The van der Waals surface area contributed by atoms with Crippen molar-refractivity contribution in [3.63, 3.8) is 0 Å². The van der Waals surface area contributed by atoms with E-state index in [0.29, 0.717) is 5.82 Å². The molecule has 2 rings (SSSR count). The van der Waals surface area contributed by atoms with E-state index in [1.54, 1.807) is 6.21 Å². The Labute approximate surface area is 154 Å². The number of hydrogen-bond acceptors (Lipinski definition) is 5. The highest BCUT2D eigenvalue weighted by Crippen LogP contribution is 2.13. The van der Waals surface area contributed by atoms with Crippen molar-refractivity contribution >= 4 is 28.1 Å². The van der Waals surface area contributed by atoms with Crippen LogP contribution < -0.4 is 10.6 Å². The summed E-state index contributed by atoms with van der Waals surface area (Å²) in [5, 5.41) is 9.27. The third-order valence-corrected chi connectivity index (χ3v) is 4.59. The first-order valence-corrected chi connectivity index (χ1v) is 10.1. The van der Waals surface area contributed by atoms with E-state index >= 15 is 0 Å². The van der Waals surface area contributed by atoms with Gasteiger partial charge in [-0.15, -0.1) is 0 Å². The molecule has 0 unspecified atom stereocenters. The number of aromatic nitrogens is 1. The van der Waals surface area contributed by atoms with Crippen molar-refractivity contribution in [2.24, 2.45) is 10.2 Å². The minimum absolute atomic E-state index is 0.0312. The minimum atomic E-state index is -3.74. The number of nitrogens with zero attached hydrogens (tertiary/aromatic N) is 2. The molecule has 0 aliphatic heterocycles. The summed E-state index contributed by atoms with van der Waals surface area (Å²) in [6, 6.07) is 13.0. The molecule has 0 atom stereocenters. The van der Waals surface area contributed by atoms with Crippen LogP contribution in [0.25, 0.3) is 6.08 Å². The summed E-state index contributed by atoms with van der Waals surface area (Å²) in [5.74, 6) is 0.446. The van der Waals surface area contributed by atoms with Crippen LogP contribution in [-0.4, -0.2) is 19.6 Å². The highest BCUT2D eigenvalue weighted by atomic mass is 32.2. The predicted molar refractivity (Wildman–Crippen MR) is 106 cm³/mol. The van der Waals surface area contributed by atoms with E-state index < -0.39 is 10.0 Å². The summed E-state index contributed by atoms with van der Waals surface area (Å²) in [6.45, 7) is 2.17. The van der Waals surface area contributed by atoms with Crippen molar-refractivity contribution < 1.29 is 8.42 Å². The molecule has 26 heavy (non-hydrogen) atoms. The average molecular weight is 372 g/mol. The summed E-state index contributed by atoms with van der Waals surface area (Å²) < 4.78 is 22.5. The maximum absolute atomic E-state index is 11.2. The Balaban J connectivity index is 2.06. The van der Waals surface area contributed by atoms with Gasteiger partial charge in [-0.1, -0.05) is 56.2 Å². The summed E-state index contributed by atoms with van der Waals surface area (Å²) in [6.07, 6.45) is 9.46. The van der Waals surface area contributed by atoms with Gasteiger partial charge in [0.25, 0.3) is 0 Å². The lowest BCUT2D eigenvalue weighted by atomic mass is 10.1. The van der Waals surface area contributed by atoms with Crippen LogP contribution >= 0.6 is 0 Å². The van der Waals surface area contributed by atoms with Gasteiger partial charge in [-0.2, -0.15) is 5.10 Å². The SMILES string of the molecule is CCCCCC(/C=N/Nc1ccc(S(N)(=O)=O)cn1)=C\c1ccccc1. The molecule has 0 fully saturated rings. The molecule has 0 saturated carbocycles. The van der Waals surface area contributed by atoms with Crippen molar-refractivity contribution in [1.82, 2.24) is 4.98 Å². The molecule has 0 aliphatic rings. The number of hydrazone groups is 1. The normalized spacial score (nSPS) is 12.5. The number of benzene rings is 1. The molecule has 0 bridgehead atoms. The standard InChI is InChI=1S/C19H24N4O2S/c1-2-3-5-10-17(13-16-8-6-4-7-9-16)14-22-23-19-12-11-18(15-21-19)26(20,24)25/h4,6-9,11-15H,2-3,5,10H2,1H3,(H,21,23)(H2,20,24,25)/b17-13+,22-14+. The van der Waals surface area contributed by atoms with Gasteiger partial charge in [-0.05, 0) is 36.1 Å². The van der Waals surface area contributed by atoms with Gasteiger partial charge in [-0.3, -0.25) is 5.43 Å². The van der Waals surface area contributed by atoms with Crippen LogP contribution in [0.4, 0.5) is 5.82 Å². The number of rotatable bonds is 9. The Kier molecular flexibility index (Phi) is 7.50. The van der Waals surface area contributed by atoms with Crippen molar-refractivity contribution in [3.8, 4) is 0 Å². The van der Waals surface area contributed by atoms with Crippen molar-refractivity contribution in [2.45, 2.75) is 37.5 Å². The van der Waals surface area contributed by atoms with Crippen LogP contribution in [0.5, 0.6) is 0 Å². The lowest BCUT2D eigenvalue weighted by Crippen LogP contribution is -2.12. The number of nitrogens with two attached hydrogens (primary N) is 1. The predicted octanol–water partition coefficient (Wildman–Crippen LogP) is 3.79. The van der Waals surface area contributed by atoms with E-state index in [1.165, 1.54) is 24.8 Å². The lowest BCUT2D eigenvalue weighted by molar-refractivity contribution is 0.597. The van der Waals surface area contributed by atoms with Crippen LogP contribution in [-0.2, 0) is 10.0 Å². The first-order chi connectivity index (χ1) is 12.5. The number of allylic oxidation sites excluding steroid dienone is 1. The Morgan fingerprint density at radius 1 is 1.19 bits per heavy atom. The van der Waals surface area contributed by atoms with E-state index in [-0.39, 0.29) is 4.90 Å². The smallest absolute Gasteiger partial charge is 0.239 e. The molecule has 2 aromatic rings. The van der Waals surface area contributed by atoms with Crippen LogP contribution in [0, 0.1) is 0 Å². The molecule has 0 amide bonds. The number of anilines is 1. The Morgan fingerprint density at radius 2 is 1.96 bits per heavy atom. The maximum atomic E-state index is 11.2. The summed E-state index contributed by atoms with van der Waals surface area (Å²) in [7, 11) is -3.74. The molecule has 1 heterocycles. The second-order valence-electron chi connectivity index (χ2n) is 5.88. The molecular weight excluding hydrogens is 348 g/mol. The average Bonchev–Trinajstić information content (AvgIpc) is 2.62. The van der Waals surface area contributed by atoms with Crippen LogP contribution in [0.15, 0.2) is 64.2 Å². The summed E-state index contributed by atoms with van der Waals surface area (Å²) in [5.41, 5.74) is 5.05. The summed E-state index contributed by atoms with van der Waals surface area (Å²) >= 11 is 0. The Bertz CT molecular complexity index is 845. The van der Waals surface area contributed by atoms with Crippen LogP contribution in [0.3, 0.4) is 0 Å². The third-order valence-electron chi connectivity index (χ3n) is 3.69. The zero-order valence-corrected chi connectivity index (χ0v) is 15.6. The monoisotopic (exact) mass is 372 g/mol. The molecule has 1 aromatic heterocycles. The fourth-order valence-electron chi connectivity index (χ4n) is 2.31. The highest BCUT2D eigenvalue weighted by Gasteiger charge is 2.07. The van der Waals surface area contributed by atoms with Gasteiger partial charge >= 0.3 is 0 Å². The van der Waals surface area contributed by atoms with E-state index in [0.717, 1.165) is 30.4 Å². The van der Waals surface area contributed by atoms with Gasteiger partial charge in [0.2, 0.25) is 10.0 Å². The van der Waals surface area contributed by atoms with Gasteiger partial charge in [0.1, 0.15) is 10.7 Å². The van der Waals surface area contributed by atoms with E-state index in [4.69, 9.17) is 5.14 Å². The molecule has 138 valence electrons. The number of sulfonamides is 1. The van der Waals surface area contributed by atoms with Gasteiger partial charge in [0.15, 0.2) is 0 Å². The highest BCUT2D eigenvalue weighted by molar-refractivity contribution is 7.89. The molecular formula is C19H24N4O2S. The zero-order valence-electron chi connectivity index (χ0n) is 14.8. The largest absolute Gasteiger partial charge is 0.261 e.